The number of hydrogen-bond donors (Lipinski definition) is 2. The van der Waals surface area contributed by atoms with Crippen LogP contribution in [0.2, 0.25) is 0 Å². The van der Waals surface area contributed by atoms with Crippen molar-refractivity contribution >= 4 is 33.2 Å². The molecule has 2 aromatic rings. The van der Waals surface area contributed by atoms with E-state index in [-0.39, 0.29) is 5.91 Å². The highest BCUT2D eigenvalue weighted by Gasteiger charge is 2.11. The number of pyridine rings is 1. The summed E-state index contributed by atoms with van der Waals surface area (Å²) in [5.74, 6) is -0.237. The van der Waals surface area contributed by atoms with Crippen molar-refractivity contribution < 1.29 is 4.79 Å². The number of halogens is 1. The molecule has 4 nitrogen and oxygen atoms in total. The van der Waals surface area contributed by atoms with Gasteiger partial charge < -0.3 is 11.1 Å². The first-order chi connectivity index (χ1) is 8.58. The summed E-state index contributed by atoms with van der Waals surface area (Å²) in [6.07, 6.45) is 3.13. The number of benzene rings is 1. The second-order valence-corrected chi connectivity index (χ2v) is 4.76. The fourth-order valence-corrected chi connectivity index (χ4v) is 2.27. The van der Waals surface area contributed by atoms with E-state index in [1.54, 1.807) is 18.3 Å². The van der Waals surface area contributed by atoms with Crippen LogP contribution in [0, 0.1) is 6.92 Å². The molecule has 5 heteroatoms. The van der Waals surface area contributed by atoms with Gasteiger partial charge in [-0.1, -0.05) is 0 Å². The van der Waals surface area contributed by atoms with Crippen LogP contribution in [0.1, 0.15) is 15.9 Å². The number of amides is 1. The minimum atomic E-state index is -0.237. The Morgan fingerprint density at radius 1 is 1.44 bits per heavy atom. The number of rotatable bonds is 2. The van der Waals surface area contributed by atoms with Crippen LogP contribution in [-0.4, -0.2) is 10.9 Å². The Hall–Kier alpha value is -1.88. The summed E-state index contributed by atoms with van der Waals surface area (Å²) >= 11 is 3.39. The summed E-state index contributed by atoms with van der Waals surface area (Å²) in [7, 11) is 0. The summed E-state index contributed by atoms with van der Waals surface area (Å²) in [4.78, 5) is 15.9. The number of anilines is 2. The first kappa shape index (κ1) is 12.6. The van der Waals surface area contributed by atoms with Crippen LogP contribution < -0.4 is 11.1 Å². The maximum absolute atomic E-state index is 12.0. The highest BCUT2D eigenvalue weighted by Crippen LogP contribution is 2.30. The molecule has 0 aliphatic heterocycles. The number of aryl methyl sites for hydroxylation is 1. The van der Waals surface area contributed by atoms with Crippen LogP contribution in [0.15, 0.2) is 41.1 Å². The van der Waals surface area contributed by atoms with Crippen molar-refractivity contribution in [2.24, 2.45) is 0 Å². The average molecular weight is 306 g/mol. The number of nitrogens with one attached hydrogen (secondary N) is 1. The van der Waals surface area contributed by atoms with Gasteiger partial charge in [0.1, 0.15) is 0 Å². The molecule has 1 heterocycles. The quantitative estimate of drug-likeness (QED) is 0.838. The van der Waals surface area contributed by atoms with Crippen LogP contribution in [0.5, 0.6) is 0 Å². The summed E-state index contributed by atoms with van der Waals surface area (Å²) in [6.45, 7) is 1.94. The third-order valence-corrected chi connectivity index (χ3v) is 3.05. The fraction of sp³-hybridized carbons (Fsp3) is 0.0769. The van der Waals surface area contributed by atoms with Gasteiger partial charge in [-0.2, -0.15) is 0 Å². The van der Waals surface area contributed by atoms with E-state index < -0.39 is 0 Å². The largest absolute Gasteiger partial charge is 0.397 e. The molecule has 0 aliphatic rings. The molecule has 0 fully saturated rings. The van der Waals surface area contributed by atoms with Gasteiger partial charge in [0.25, 0.3) is 5.91 Å². The van der Waals surface area contributed by atoms with E-state index >= 15 is 0 Å². The molecular formula is C13H12BrN3O. The minimum Gasteiger partial charge on any atom is -0.397 e. The fourth-order valence-electron chi connectivity index (χ4n) is 1.58. The van der Waals surface area contributed by atoms with Crippen LogP contribution in [0.4, 0.5) is 11.4 Å². The minimum absolute atomic E-state index is 0.237. The number of nitrogens with zero attached hydrogens (tertiary/aromatic N) is 1. The maximum Gasteiger partial charge on any atom is 0.257 e. The number of nitrogen functional groups attached to an aromatic ring is 1. The Morgan fingerprint density at radius 2 is 2.22 bits per heavy atom. The lowest BCUT2D eigenvalue weighted by atomic mass is 10.2. The van der Waals surface area contributed by atoms with Gasteiger partial charge in [0, 0.05) is 16.9 Å². The number of carbonyl (C=O) groups is 1. The molecule has 0 unspecified atom stereocenters. The molecule has 0 bridgehead atoms. The van der Waals surface area contributed by atoms with Gasteiger partial charge in [-0.15, -0.1) is 0 Å². The van der Waals surface area contributed by atoms with Gasteiger partial charge >= 0.3 is 0 Å². The topological polar surface area (TPSA) is 68.0 Å². The molecule has 0 saturated heterocycles. The van der Waals surface area contributed by atoms with Crippen molar-refractivity contribution in [2.75, 3.05) is 11.1 Å². The third kappa shape index (κ3) is 2.68. The molecule has 2 rings (SSSR count). The normalized spacial score (nSPS) is 10.1. The van der Waals surface area contributed by atoms with Crippen molar-refractivity contribution in [3.05, 3.63) is 52.3 Å². The zero-order valence-electron chi connectivity index (χ0n) is 9.77. The number of hydrogen-bond acceptors (Lipinski definition) is 3. The molecule has 1 aromatic heterocycles. The number of carbonyl (C=O) groups excluding carboxylic acids is 1. The molecule has 92 valence electrons. The molecule has 0 radical (unpaired) electrons. The number of nitrogens with two attached hydrogens (primary N) is 1. The van der Waals surface area contributed by atoms with Gasteiger partial charge in [-0.25, -0.2) is 0 Å². The van der Waals surface area contributed by atoms with Gasteiger partial charge in [0.2, 0.25) is 0 Å². The van der Waals surface area contributed by atoms with E-state index in [2.05, 4.69) is 26.2 Å². The third-order valence-electron chi connectivity index (χ3n) is 2.43. The Balaban J connectivity index is 2.28. The predicted octanol–water partition coefficient (Wildman–Crippen LogP) is 2.99. The van der Waals surface area contributed by atoms with Crippen molar-refractivity contribution in [1.29, 1.82) is 0 Å². The van der Waals surface area contributed by atoms with Crippen molar-refractivity contribution in [2.45, 2.75) is 6.92 Å². The van der Waals surface area contributed by atoms with E-state index in [0.717, 1.165) is 10.0 Å². The molecule has 0 atom stereocenters. The Labute approximate surface area is 113 Å². The highest BCUT2D eigenvalue weighted by molar-refractivity contribution is 9.10. The summed E-state index contributed by atoms with van der Waals surface area (Å²) in [6, 6.07) is 7.11. The first-order valence-corrected chi connectivity index (χ1v) is 6.14. The van der Waals surface area contributed by atoms with Gasteiger partial charge in [0.05, 0.1) is 16.9 Å². The second kappa shape index (κ2) is 5.18. The van der Waals surface area contributed by atoms with Crippen molar-refractivity contribution in [1.82, 2.24) is 4.98 Å². The molecule has 0 aliphatic carbocycles. The van der Waals surface area contributed by atoms with E-state index in [0.29, 0.717) is 16.9 Å². The molecule has 1 aromatic carbocycles. The van der Waals surface area contributed by atoms with Crippen molar-refractivity contribution in [3.63, 3.8) is 0 Å². The number of aromatic nitrogens is 1. The van der Waals surface area contributed by atoms with Crippen LogP contribution >= 0.6 is 15.9 Å². The second-order valence-electron chi connectivity index (χ2n) is 3.91. The predicted molar refractivity (Wildman–Crippen MR) is 75.5 cm³/mol. The molecule has 1 amide bonds. The SMILES string of the molecule is Cc1cc(N)c(NC(=O)c2cccnc2)c(Br)c1. The Kier molecular flexibility index (Phi) is 3.62. The van der Waals surface area contributed by atoms with Crippen LogP contribution in [-0.2, 0) is 0 Å². The van der Waals surface area contributed by atoms with Crippen LogP contribution in [0.3, 0.4) is 0 Å². The molecule has 0 spiro atoms. The zero-order valence-corrected chi connectivity index (χ0v) is 11.4. The lowest BCUT2D eigenvalue weighted by Gasteiger charge is -2.11. The smallest absolute Gasteiger partial charge is 0.257 e. The standard InChI is InChI=1S/C13H12BrN3O/c1-8-5-10(14)12(11(15)6-8)17-13(18)9-3-2-4-16-7-9/h2-7H,15H2,1H3,(H,17,18). The summed E-state index contributed by atoms with van der Waals surface area (Å²) < 4.78 is 0.761. The van der Waals surface area contributed by atoms with E-state index in [1.807, 2.05) is 19.1 Å². The van der Waals surface area contributed by atoms with E-state index in [9.17, 15) is 4.79 Å². The monoisotopic (exact) mass is 305 g/mol. The molecular weight excluding hydrogens is 294 g/mol. The Morgan fingerprint density at radius 3 is 2.83 bits per heavy atom. The maximum atomic E-state index is 12.0. The lowest BCUT2D eigenvalue weighted by Crippen LogP contribution is -2.14. The zero-order chi connectivity index (χ0) is 13.1. The van der Waals surface area contributed by atoms with E-state index in [4.69, 9.17) is 5.73 Å². The summed E-state index contributed by atoms with van der Waals surface area (Å²) in [5, 5.41) is 2.77. The van der Waals surface area contributed by atoms with Gasteiger partial charge in [-0.3, -0.25) is 9.78 Å². The van der Waals surface area contributed by atoms with Crippen LogP contribution in [0.25, 0.3) is 0 Å². The highest BCUT2D eigenvalue weighted by atomic mass is 79.9. The van der Waals surface area contributed by atoms with Gasteiger partial charge in [0.15, 0.2) is 0 Å². The molecule has 0 saturated carbocycles. The molecule has 18 heavy (non-hydrogen) atoms. The summed E-state index contributed by atoms with van der Waals surface area (Å²) in [5.41, 5.74) is 8.51. The van der Waals surface area contributed by atoms with E-state index in [1.165, 1.54) is 6.20 Å². The molecule has 3 N–H and O–H groups in total. The first-order valence-electron chi connectivity index (χ1n) is 5.35. The Bertz CT molecular complexity index is 561. The van der Waals surface area contributed by atoms with Crippen molar-refractivity contribution in [3.8, 4) is 0 Å². The average Bonchev–Trinajstić information content (AvgIpc) is 2.34. The lowest BCUT2D eigenvalue weighted by molar-refractivity contribution is 0.102. The van der Waals surface area contributed by atoms with Gasteiger partial charge in [-0.05, 0) is 52.7 Å².